The molecule has 0 aromatic heterocycles. The van der Waals surface area contributed by atoms with E-state index in [9.17, 15) is 0 Å². The lowest BCUT2D eigenvalue weighted by Gasteiger charge is -2.55. The fourth-order valence-corrected chi connectivity index (χ4v) is 28.7. The predicted octanol–water partition coefficient (Wildman–Crippen LogP) is 12.8. The van der Waals surface area contributed by atoms with Crippen molar-refractivity contribution < 1.29 is 0 Å². The zero-order valence-corrected chi connectivity index (χ0v) is 54.1. The van der Waals surface area contributed by atoms with Gasteiger partial charge in [-0.3, -0.25) is 0 Å². The van der Waals surface area contributed by atoms with Crippen LogP contribution in [0.3, 0.4) is 0 Å². The number of anilines is 7. The van der Waals surface area contributed by atoms with E-state index in [2.05, 4.69) is 322 Å². The molecule has 6 aliphatic rings. The first kappa shape index (κ1) is 54.5. The van der Waals surface area contributed by atoms with Gasteiger partial charge in [0.1, 0.15) is 0 Å². The predicted molar refractivity (Wildman–Crippen MR) is 383 cm³/mol. The fourth-order valence-electron chi connectivity index (χ4n) is 19.2. The van der Waals surface area contributed by atoms with Crippen LogP contribution < -0.4 is 72.6 Å². The molecule has 0 amide bonds. The third-order valence-corrected chi connectivity index (χ3v) is 33.3. The van der Waals surface area contributed by atoms with Crippen LogP contribution in [-0.4, -0.2) is 33.9 Å². The van der Waals surface area contributed by atoms with Crippen LogP contribution in [0.1, 0.15) is 95.8 Å². The minimum absolute atomic E-state index is 0.0110. The van der Waals surface area contributed by atoms with Crippen molar-refractivity contribution in [2.75, 3.05) is 14.7 Å². The number of aryl methyl sites for hydroxylation is 1. The van der Waals surface area contributed by atoms with Crippen LogP contribution in [0.15, 0.2) is 273 Å². The molecule has 89 heavy (non-hydrogen) atoms. The Morgan fingerprint density at radius 3 is 1.08 bits per heavy atom. The summed E-state index contributed by atoms with van der Waals surface area (Å²) in [4.78, 5) is 8.54. The molecule has 17 rings (SSSR count). The quantitative estimate of drug-likeness (QED) is 0.0944. The summed E-state index contributed by atoms with van der Waals surface area (Å²) in [6, 6.07) is 106. The van der Waals surface area contributed by atoms with E-state index in [1.165, 1.54) is 130 Å². The van der Waals surface area contributed by atoms with Gasteiger partial charge in [-0.25, -0.2) is 0 Å². The standard InChI is InChI=1S/C83H76BN3Si2/c1-59-55-72-79-74(56-59)84-73-42-28-41-71-78(73)86(82(4)53-26-24-51-80(71,82)2)75-57-62(58-76(77(75)84)87(79)83(5)54-27-25-52-81(72,83)3)85(60-43-47-69(48-44-60)88(63-29-12-6-13-30-63,64-31-14-7-15-32-64)65-33-16-8-17-34-65)61-45-49-70(50-46-61)89(66-35-18-9-19-36-66,67-37-20-10-21-38-67)68-39-22-11-23-40-68/h6-23,28-50,55-58H,24-27,51-54H2,1-5H3. The van der Waals surface area contributed by atoms with E-state index in [-0.39, 0.29) is 28.6 Å². The van der Waals surface area contributed by atoms with Gasteiger partial charge in [0, 0.05) is 45.0 Å². The number of para-hydroxylation sites is 1. The molecule has 6 heteroatoms. The Hall–Kier alpha value is -8.68. The van der Waals surface area contributed by atoms with Gasteiger partial charge in [0.25, 0.3) is 6.71 Å². The van der Waals surface area contributed by atoms with E-state index < -0.39 is 16.1 Å². The summed E-state index contributed by atoms with van der Waals surface area (Å²) in [6.45, 7) is 13.0. The molecule has 3 nitrogen and oxygen atoms in total. The van der Waals surface area contributed by atoms with Gasteiger partial charge in [-0.1, -0.05) is 282 Å². The number of nitrogens with zero attached hydrogens (tertiary/aromatic N) is 3. The molecule has 0 bridgehead atoms. The Balaban J connectivity index is 0.947. The molecule has 0 spiro atoms. The van der Waals surface area contributed by atoms with Gasteiger partial charge < -0.3 is 14.7 Å². The Morgan fingerprint density at radius 1 is 0.337 bits per heavy atom. The summed E-state index contributed by atoms with van der Waals surface area (Å²) >= 11 is 0. The molecule has 2 saturated carbocycles. The van der Waals surface area contributed by atoms with E-state index in [1.54, 1.807) is 11.1 Å². The summed E-state index contributed by atoms with van der Waals surface area (Å²) in [5, 5.41) is 11.0. The Morgan fingerprint density at radius 2 is 0.685 bits per heavy atom. The molecule has 11 aromatic rings. The lowest BCUT2D eigenvalue weighted by atomic mass is 9.33. The van der Waals surface area contributed by atoms with Crippen molar-refractivity contribution in [3.63, 3.8) is 0 Å². The molecule has 2 fully saturated rings. The van der Waals surface area contributed by atoms with E-state index >= 15 is 0 Å². The van der Waals surface area contributed by atoms with Crippen molar-refractivity contribution in [2.45, 2.75) is 108 Å². The maximum absolute atomic E-state index is 2.95. The molecule has 0 saturated heterocycles. The van der Waals surface area contributed by atoms with E-state index in [0.717, 1.165) is 24.2 Å². The van der Waals surface area contributed by atoms with Gasteiger partial charge in [-0.15, -0.1) is 0 Å². The minimum Gasteiger partial charge on any atom is -0.335 e. The Bertz CT molecular complexity index is 4150. The highest BCUT2D eigenvalue weighted by Crippen LogP contribution is 2.65. The van der Waals surface area contributed by atoms with Crippen molar-refractivity contribution in [1.29, 1.82) is 0 Å². The fraction of sp³-hybridized carbons (Fsp3) is 0.205. The van der Waals surface area contributed by atoms with Crippen molar-refractivity contribution in [3.8, 4) is 0 Å². The van der Waals surface area contributed by atoms with Gasteiger partial charge in [0.05, 0.1) is 16.8 Å². The van der Waals surface area contributed by atoms with Crippen molar-refractivity contribution in [2.24, 2.45) is 0 Å². The highest BCUT2D eigenvalue weighted by molar-refractivity contribution is 7.20. The average Bonchev–Trinajstić information content (AvgIpc) is 1.52. The zero-order chi connectivity index (χ0) is 59.9. The van der Waals surface area contributed by atoms with Crippen molar-refractivity contribution >= 4 is 121 Å². The summed E-state index contributed by atoms with van der Waals surface area (Å²) in [5.41, 5.74) is 17.9. The highest BCUT2D eigenvalue weighted by atomic mass is 28.3. The third kappa shape index (κ3) is 7.39. The van der Waals surface area contributed by atoms with Crippen LogP contribution >= 0.6 is 0 Å². The highest BCUT2D eigenvalue weighted by Gasteiger charge is 2.65. The zero-order valence-electron chi connectivity index (χ0n) is 52.1. The molecule has 0 radical (unpaired) electrons. The number of rotatable bonds is 11. The van der Waals surface area contributed by atoms with E-state index in [1.807, 2.05) is 0 Å². The molecule has 11 aromatic carbocycles. The minimum atomic E-state index is -2.86. The second kappa shape index (κ2) is 20.2. The topological polar surface area (TPSA) is 9.72 Å². The summed E-state index contributed by atoms with van der Waals surface area (Å²) < 4.78 is 0. The maximum Gasteiger partial charge on any atom is 0.252 e. The molecule has 4 atom stereocenters. The lowest BCUT2D eigenvalue weighted by molar-refractivity contribution is 0.194. The van der Waals surface area contributed by atoms with Gasteiger partial charge in [-0.2, -0.15) is 0 Å². The van der Waals surface area contributed by atoms with Gasteiger partial charge >= 0.3 is 0 Å². The monoisotopic (exact) mass is 1180 g/mol. The first-order chi connectivity index (χ1) is 43.5. The van der Waals surface area contributed by atoms with Crippen molar-refractivity contribution in [3.05, 3.63) is 290 Å². The van der Waals surface area contributed by atoms with E-state index in [0.29, 0.717) is 0 Å². The van der Waals surface area contributed by atoms with Crippen LogP contribution in [0.5, 0.6) is 0 Å². The smallest absolute Gasteiger partial charge is 0.252 e. The van der Waals surface area contributed by atoms with Gasteiger partial charge in [-0.05, 0) is 152 Å². The molecule has 4 unspecified atom stereocenters. The molecule has 4 aliphatic heterocycles. The largest absolute Gasteiger partial charge is 0.335 e. The molecule has 434 valence electrons. The molecule has 4 heterocycles. The lowest BCUT2D eigenvalue weighted by Crippen LogP contribution is -2.74. The third-order valence-electron chi connectivity index (χ3n) is 23.7. The summed E-state index contributed by atoms with van der Waals surface area (Å²) in [6.07, 6.45) is 9.66. The maximum atomic E-state index is 2.95. The van der Waals surface area contributed by atoms with Crippen molar-refractivity contribution in [1.82, 2.24) is 0 Å². The van der Waals surface area contributed by atoms with Crippen LogP contribution in [0, 0.1) is 6.92 Å². The summed E-state index contributed by atoms with van der Waals surface area (Å²) in [7, 11) is -5.71. The van der Waals surface area contributed by atoms with Crippen LogP contribution in [0.25, 0.3) is 0 Å². The normalized spacial score (nSPS) is 21.7. The number of hydrogen-bond donors (Lipinski definition) is 0. The first-order valence-corrected chi connectivity index (χ1v) is 37.0. The Labute approximate surface area is 529 Å². The van der Waals surface area contributed by atoms with Crippen LogP contribution in [0.4, 0.5) is 39.8 Å². The Kier molecular flexibility index (Phi) is 12.3. The van der Waals surface area contributed by atoms with E-state index in [4.69, 9.17) is 0 Å². The van der Waals surface area contributed by atoms with Crippen LogP contribution in [-0.2, 0) is 10.8 Å². The second-order valence-corrected chi connectivity index (χ2v) is 35.4. The first-order valence-electron chi connectivity index (χ1n) is 33.0. The van der Waals surface area contributed by atoms with Gasteiger partial charge in [0.15, 0.2) is 16.1 Å². The second-order valence-electron chi connectivity index (χ2n) is 27.7. The number of benzene rings is 11. The van der Waals surface area contributed by atoms with Crippen LogP contribution in [0.2, 0.25) is 0 Å². The molecule has 2 aliphatic carbocycles. The molecule has 0 N–H and O–H groups in total. The summed E-state index contributed by atoms with van der Waals surface area (Å²) in [5.74, 6) is 0. The molecular weight excluding hydrogens is 1110 g/mol. The average molecular weight is 1180 g/mol. The SMILES string of the molecule is Cc1cc2c3c(c1)C1(C)CCCCC1(C)N3c1cc(N(c3ccc([Si](c4ccccc4)(c4ccccc4)c4ccccc4)cc3)c3ccc([Si](c4ccccc4)(c4ccccc4)c4ccccc4)cc3)cc3c1B2c1cccc2c1N3C1(C)CCCCC21C. The molecular formula is C83H76BN3Si2. The van der Waals surface area contributed by atoms with Gasteiger partial charge in [0.2, 0.25) is 0 Å². The number of fused-ring (bicyclic) bond motifs is 10. The number of hydrogen-bond acceptors (Lipinski definition) is 3.